The van der Waals surface area contributed by atoms with Crippen LogP contribution in [0.5, 0.6) is 0 Å². The fourth-order valence-electron chi connectivity index (χ4n) is 2.39. The van der Waals surface area contributed by atoms with Gasteiger partial charge in [-0.25, -0.2) is 4.72 Å². The average molecular weight is 310 g/mol. The zero-order valence-corrected chi connectivity index (χ0v) is 13.7. The molecule has 0 aromatic rings. The van der Waals surface area contributed by atoms with E-state index >= 15 is 0 Å². The zero-order chi connectivity index (χ0) is 14.1. The Kier molecular flexibility index (Phi) is 8.32. The van der Waals surface area contributed by atoms with Gasteiger partial charge < -0.3 is 5.32 Å². The summed E-state index contributed by atoms with van der Waals surface area (Å²) in [5.74, 6) is 1.09. The maximum Gasteiger partial charge on any atom is 0.279 e. The molecule has 0 saturated carbocycles. The highest BCUT2D eigenvalue weighted by Crippen LogP contribution is 2.19. The fourth-order valence-corrected chi connectivity index (χ4v) is 4.39. The Labute approximate surface area is 122 Å². The molecule has 1 rings (SSSR count). The Morgan fingerprint density at radius 2 is 2.11 bits per heavy atom. The largest absolute Gasteiger partial charge is 0.318 e. The maximum atomic E-state index is 12.3. The molecule has 0 bridgehead atoms. The molecule has 1 atom stereocenters. The van der Waals surface area contributed by atoms with E-state index in [1.54, 1.807) is 16.1 Å². The zero-order valence-electron chi connectivity index (χ0n) is 12.0. The molecule has 1 fully saturated rings. The number of thioether (sulfide) groups is 1. The highest BCUT2D eigenvalue weighted by Gasteiger charge is 2.31. The van der Waals surface area contributed by atoms with Crippen LogP contribution in [0.15, 0.2) is 0 Å². The van der Waals surface area contributed by atoms with E-state index in [-0.39, 0.29) is 6.04 Å². The first-order valence-electron chi connectivity index (χ1n) is 7.01. The number of nitrogens with zero attached hydrogens (tertiary/aromatic N) is 1. The van der Waals surface area contributed by atoms with Crippen LogP contribution in [0, 0.1) is 0 Å². The molecular formula is C12H27N3O2S2. The highest BCUT2D eigenvalue weighted by molar-refractivity contribution is 7.98. The number of nitrogens with one attached hydrogen (secondary N) is 2. The van der Waals surface area contributed by atoms with Crippen molar-refractivity contribution in [1.82, 2.24) is 14.3 Å². The summed E-state index contributed by atoms with van der Waals surface area (Å²) in [6, 6.07) is 0.0995. The molecule has 0 aromatic heterocycles. The number of rotatable bonds is 9. The Morgan fingerprint density at radius 1 is 1.32 bits per heavy atom. The summed E-state index contributed by atoms with van der Waals surface area (Å²) in [6.07, 6.45) is 7.07. The summed E-state index contributed by atoms with van der Waals surface area (Å²) in [6.45, 7) is 1.92. The van der Waals surface area contributed by atoms with Crippen LogP contribution in [0.1, 0.15) is 32.1 Å². The summed E-state index contributed by atoms with van der Waals surface area (Å²) in [5.41, 5.74) is 0. The van der Waals surface area contributed by atoms with Crippen LogP contribution in [-0.2, 0) is 10.2 Å². The molecule has 7 heteroatoms. The lowest BCUT2D eigenvalue weighted by Crippen LogP contribution is -2.52. The van der Waals surface area contributed by atoms with Gasteiger partial charge in [0.1, 0.15) is 0 Å². The summed E-state index contributed by atoms with van der Waals surface area (Å²) < 4.78 is 28.9. The van der Waals surface area contributed by atoms with Crippen LogP contribution in [-0.4, -0.2) is 57.5 Å². The van der Waals surface area contributed by atoms with Gasteiger partial charge in [-0.2, -0.15) is 24.5 Å². The summed E-state index contributed by atoms with van der Waals surface area (Å²) in [7, 11) is -1.44. The van der Waals surface area contributed by atoms with E-state index in [1.165, 1.54) is 0 Å². The van der Waals surface area contributed by atoms with Crippen molar-refractivity contribution in [2.75, 3.05) is 38.7 Å². The topological polar surface area (TPSA) is 61.4 Å². The predicted octanol–water partition coefficient (Wildman–Crippen LogP) is 1.04. The van der Waals surface area contributed by atoms with Crippen molar-refractivity contribution >= 4 is 22.0 Å². The van der Waals surface area contributed by atoms with E-state index in [4.69, 9.17) is 0 Å². The minimum atomic E-state index is -3.31. The first-order chi connectivity index (χ1) is 9.11. The molecule has 2 N–H and O–H groups in total. The van der Waals surface area contributed by atoms with Gasteiger partial charge in [-0.1, -0.05) is 6.42 Å². The number of unbranched alkanes of at least 4 members (excludes halogenated alkanes) is 1. The van der Waals surface area contributed by atoms with E-state index in [9.17, 15) is 8.42 Å². The summed E-state index contributed by atoms with van der Waals surface area (Å²) in [5, 5.41) is 3.09. The lowest BCUT2D eigenvalue weighted by molar-refractivity contribution is 0.246. The monoisotopic (exact) mass is 309 g/mol. The van der Waals surface area contributed by atoms with E-state index in [1.807, 2.05) is 7.05 Å². The van der Waals surface area contributed by atoms with E-state index in [0.29, 0.717) is 13.1 Å². The number of hydrogen-bond acceptors (Lipinski definition) is 4. The van der Waals surface area contributed by atoms with Gasteiger partial charge in [0.25, 0.3) is 10.2 Å². The second-order valence-corrected chi connectivity index (χ2v) is 7.61. The van der Waals surface area contributed by atoms with Crippen LogP contribution >= 0.6 is 11.8 Å². The predicted molar refractivity (Wildman–Crippen MR) is 82.8 cm³/mol. The van der Waals surface area contributed by atoms with E-state index in [0.717, 1.165) is 44.4 Å². The standard InChI is InChI=1S/C12H27N3O2S2/c1-13-11-12-7-3-5-9-15(12)19(16,17)14-8-4-6-10-18-2/h12-14H,3-11H2,1-2H3. The molecule has 1 heterocycles. The summed E-state index contributed by atoms with van der Waals surface area (Å²) in [4.78, 5) is 0. The van der Waals surface area contributed by atoms with Crippen molar-refractivity contribution in [3.63, 3.8) is 0 Å². The molecule has 0 spiro atoms. The molecule has 0 aliphatic carbocycles. The van der Waals surface area contributed by atoms with Crippen LogP contribution in [0.4, 0.5) is 0 Å². The Balaban J connectivity index is 2.44. The van der Waals surface area contributed by atoms with Gasteiger partial charge in [0.2, 0.25) is 0 Å². The first-order valence-corrected chi connectivity index (χ1v) is 9.85. The highest BCUT2D eigenvalue weighted by atomic mass is 32.2. The Morgan fingerprint density at radius 3 is 2.79 bits per heavy atom. The van der Waals surface area contributed by atoms with Crippen molar-refractivity contribution in [1.29, 1.82) is 0 Å². The molecule has 1 saturated heterocycles. The van der Waals surface area contributed by atoms with Crippen molar-refractivity contribution in [3.8, 4) is 0 Å². The molecule has 1 unspecified atom stereocenters. The van der Waals surface area contributed by atoms with Gasteiger partial charge in [-0.05, 0) is 44.7 Å². The number of likely N-dealkylation sites (N-methyl/N-ethyl adjacent to an activating group) is 1. The molecule has 1 aliphatic rings. The molecule has 0 radical (unpaired) electrons. The van der Waals surface area contributed by atoms with Gasteiger partial charge in [0, 0.05) is 25.7 Å². The molecule has 19 heavy (non-hydrogen) atoms. The molecular weight excluding hydrogens is 282 g/mol. The first kappa shape index (κ1) is 17.2. The van der Waals surface area contributed by atoms with Gasteiger partial charge in [0.05, 0.1) is 0 Å². The van der Waals surface area contributed by atoms with E-state index < -0.39 is 10.2 Å². The Bertz CT molecular complexity index is 334. The second-order valence-electron chi connectivity index (χ2n) is 4.92. The third kappa shape index (κ3) is 5.99. The molecule has 0 aromatic carbocycles. The van der Waals surface area contributed by atoms with Gasteiger partial charge >= 0.3 is 0 Å². The number of piperidine rings is 1. The number of hydrogen-bond donors (Lipinski definition) is 2. The van der Waals surface area contributed by atoms with Crippen molar-refractivity contribution in [3.05, 3.63) is 0 Å². The quantitative estimate of drug-likeness (QED) is 0.625. The third-order valence-electron chi connectivity index (χ3n) is 3.38. The molecule has 5 nitrogen and oxygen atoms in total. The lowest BCUT2D eigenvalue weighted by atomic mass is 10.1. The average Bonchev–Trinajstić information content (AvgIpc) is 2.39. The lowest BCUT2D eigenvalue weighted by Gasteiger charge is -2.34. The van der Waals surface area contributed by atoms with Crippen LogP contribution in [0.25, 0.3) is 0 Å². The SMILES string of the molecule is CNCC1CCCCN1S(=O)(=O)NCCCCSC. The summed E-state index contributed by atoms with van der Waals surface area (Å²) >= 11 is 1.80. The van der Waals surface area contributed by atoms with Gasteiger partial charge in [-0.15, -0.1) is 0 Å². The fraction of sp³-hybridized carbons (Fsp3) is 1.00. The smallest absolute Gasteiger partial charge is 0.279 e. The van der Waals surface area contributed by atoms with E-state index in [2.05, 4.69) is 16.3 Å². The van der Waals surface area contributed by atoms with Crippen molar-refractivity contribution in [2.24, 2.45) is 0 Å². The van der Waals surface area contributed by atoms with Gasteiger partial charge in [0.15, 0.2) is 0 Å². The third-order valence-corrected chi connectivity index (χ3v) is 5.75. The minimum Gasteiger partial charge on any atom is -0.318 e. The molecule has 1 aliphatic heterocycles. The van der Waals surface area contributed by atoms with Crippen LogP contribution in [0.3, 0.4) is 0 Å². The molecule has 114 valence electrons. The van der Waals surface area contributed by atoms with Crippen molar-refractivity contribution in [2.45, 2.75) is 38.1 Å². The second kappa shape index (κ2) is 9.18. The molecule has 0 amide bonds. The maximum absolute atomic E-state index is 12.3. The normalized spacial score (nSPS) is 21.7. The van der Waals surface area contributed by atoms with Gasteiger partial charge in [-0.3, -0.25) is 0 Å². The van der Waals surface area contributed by atoms with Crippen LogP contribution in [0.2, 0.25) is 0 Å². The van der Waals surface area contributed by atoms with Crippen molar-refractivity contribution < 1.29 is 8.42 Å². The Hall–Kier alpha value is 0.180. The van der Waals surface area contributed by atoms with Crippen LogP contribution < -0.4 is 10.0 Å². The minimum absolute atomic E-state index is 0.0995.